The number of nitrogens with one attached hydrogen (secondary N) is 1. The number of likely N-dealkylation sites (N-methyl/N-ethyl adjacent to an activating group) is 1. The van der Waals surface area contributed by atoms with E-state index in [1.807, 2.05) is 33.3 Å². The fourth-order valence-electron chi connectivity index (χ4n) is 7.49. The maximum Gasteiger partial charge on any atom is 0.268 e. The van der Waals surface area contributed by atoms with Crippen LogP contribution in [0.3, 0.4) is 0 Å². The van der Waals surface area contributed by atoms with Crippen molar-refractivity contribution >= 4 is 13.7 Å². The standard InChI is InChI=1S/C59H105N2O6P/c1-6-8-10-12-14-16-18-20-22-23-24-25-26-27-28-29-30-31-32-33-34-35-36-37-39-40-42-44-46-48-50-52-58(62)57(56-67-68(64,65)66-55-54-61(3,4)5)60-59(63)53-51-49-47-45-43-41-38-21-19-17-15-13-11-9-7-2/h9,11,15,17,21,36-38,42-45,49-52,57-58,62H,6-8,10,12-14,16,18-20,22-35,39-41,46-48,53-56H2,1-5H3,(H-,60,63,64,65)/b11-9-,17-15-,37-36+,38-21-,44-42+,45-43-,51-49-,52-50+. The Hall–Kier alpha value is -2.58. The zero-order chi connectivity index (χ0) is 49.9. The van der Waals surface area contributed by atoms with Gasteiger partial charge in [-0.3, -0.25) is 9.36 Å². The Bertz CT molecular complexity index is 1420. The second-order valence-corrected chi connectivity index (χ2v) is 21.0. The zero-order valence-electron chi connectivity index (χ0n) is 44.5. The Morgan fingerprint density at radius 2 is 0.912 bits per heavy atom. The van der Waals surface area contributed by atoms with Crippen LogP contribution in [-0.4, -0.2) is 68.5 Å². The molecule has 0 rings (SSSR count). The topological polar surface area (TPSA) is 108 Å². The Labute approximate surface area is 419 Å². The molecule has 8 nitrogen and oxygen atoms in total. The highest BCUT2D eigenvalue weighted by Gasteiger charge is 2.23. The smallest absolute Gasteiger partial charge is 0.268 e. The molecular formula is C59H105N2O6P. The van der Waals surface area contributed by atoms with Crippen molar-refractivity contribution in [2.45, 2.75) is 231 Å². The Kier molecular flexibility index (Phi) is 47.5. The van der Waals surface area contributed by atoms with E-state index in [1.165, 1.54) is 141 Å². The van der Waals surface area contributed by atoms with Crippen LogP contribution in [0.1, 0.15) is 219 Å². The molecule has 68 heavy (non-hydrogen) atoms. The molecule has 392 valence electrons. The lowest BCUT2D eigenvalue weighted by molar-refractivity contribution is -0.870. The first-order chi connectivity index (χ1) is 33.0. The average Bonchev–Trinajstić information content (AvgIpc) is 3.30. The lowest BCUT2D eigenvalue weighted by Gasteiger charge is -2.29. The number of amides is 1. The van der Waals surface area contributed by atoms with Gasteiger partial charge in [0.05, 0.1) is 39.9 Å². The number of quaternary nitrogens is 1. The van der Waals surface area contributed by atoms with Crippen molar-refractivity contribution in [3.8, 4) is 0 Å². The minimum Gasteiger partial charge on any atom is -0.756 e. The van der Waals surface area contributed by atoms with Gasteiger partial charge < -0.3 is 28.8 Å². The molecule has 1 amide bonds. The van der Waals surface area contributed by atoms with Crippen LogP contribution < -0.4 is 10.2 Å². The molecule has 0 aliphatic rings. The summed E-state index contributed by atoms with van der Waals surface area (Å²) < 4.78 is 23.2. The van der Waals surface area contributed by atoms with E-state index in [4.69, 9.17) is 9.05 Å². The van der Waals surface area contributed by atoms with Crippen LogP contribution in [0.25, 0.3) is 0 Å². The van der Waals surface area contributed by atoms with Crippen molar-refractivity contribution in [2.24, 2.45) is 0 Å². The highest BCUT2D eigenvalue weighted by atomic mass is 31.2. The van der Waals surface area contributed by atoms with Crippen molar-refractivity contribution in [3.05, 3.63) is 97.2 Å². The highest BCUT2D eigenvalue weighted by Crippen LogP contribution is 2.38. The van der Waals surface area contributed by atoms with E-state index in [9.17, 15) is 19.4 Å². The molecular weight excluding hydrogens is 864 g/mol. The Morgan fingerprint density at radius 1 is 0.529 bits per heavy atom. The van der Waals surface area contributed by atoms with Crippen LogP contribution >= 0.6 is 7.82 Å². The van der Waals surface area contributed by atoms with Gasteiger partial charge in [-0.25, -0.2) is 0 Å². The number of nitrogens with zero attached hydrogens (tertiary/aromatic N) is 1. The number of carbonyl (C=O) groups is 1. The summed E-state index contributed by atoms with van der Waals surface area (Å²) in [4.78, 5) is 25.3. The number of phosphoric acid groups is 1. The maximum atomic E-state index is 12.8. The van der Waals surface area contributed by atoms with Gasteiger partial charge in [0.1, 0.15) is 13.2 Å². The molecule has 0 aromatic carbocycles. The molecule has 3 atom stereocenters. The fourth-order valence-corrected chi connectivity index (χ4v) is 8.21. The fraction of sp³-hybridized carbons (Fsp3) is 0.712. The van der Waals surface area contributed by atoms with Gasteiger partial charge >= 0.3 is 0 Å². The summed E-state index contributed by atoms with van der Waals surface area (Å²) in [5, 5.41) is 13.7. The molecule has 3 unspecified atom stereocenters. The largest absolute Gasteiger partial charge is 0.756 e. The van der Waals surface area contributed by atoms with Crippen molar-refractivity contribution in [1.29, 1.82) is 0 Å². The lowest BCUT2D eigenvalue weighted by Crippen LogP contribution is -2.45. The summed E-state index contributed by atoms with van der Waals surface area (Å²) in [6.07, 6.45) is 71.1. The molecule has 0 spiro atoms. The van der Waals surface area contributed by atoms with E-state index in [0.29, 0.717) is 23.9 Å². The van der Waals surface area contributed by atoms with Crippen LogP contribution in [0.5, 0.6) is 0 Å². The van der Waals surface area contributed by atoms with Crippen molar-refractivity contribution in [3.63, 3.8) is 0 Å². The summed E-state index contributed by atoms with van der Waals surface area (Å²) in [5.41, 5.74) is 0. The van der Waals surface area contributed by atoms with Crippen molar-refractivity contribution < 1.29 is 32.9 Å². The van der Waals surface area contributed by atoms with Gasteiger partial charge in [0.15, 0.2) is 0 Å². The number of aliphatic hydroxyl groups excluding tert-OH is 1. The quantitative estimate of drug-likeness (QED) is 0.0272. The molecule has 0 saturated carbocycles. The summed E-state index contributed by atoms with van der Waals surface area (Å²) in [7, 11) is 1.17. The first-order valence-electron chi connectivity index (χ1n) is 27.6. The third-order valence-corrected chi connectivity index (χ3v) is 12.7. The molecule has 0 bridgehead atoms. The molecule has 0 fully saturated rings. The van der Waals surface area contributed by atoms with Gasteiger partial charge in [0, 0.05) is 6.42 Å². The van der Waals surface area contributed by atoms with E-state index in [1.54, 1.807) is 12.2 Å². The summed E-state index contributed by atoms with van der Waals surface area (Å²) in [6.45, 7) is 4.42. The molecule has 9 heteroatoms. The predicted octanol–water partition coefficient (Wildman–Crippen LogP) is 16.0. The van der Waals surface area contributed by atoms with E-state index in [2.05, 4.69) is 92.1 Å². The third-order valence-electron chi connectivity index (χ3n) is 11.8. The van der Waals surface area contributed by atoms with E-state index < -0.39 is 26.6 Å². The van der Waals surface area contributed by atoms with Gasteiger partial charge in [-0.15, -0.1) is 0 Å². The van der Waals surface area contributed by atoms with Gasteiger partial charge in [0.25, 0.3) is 7.82 Å². The number of carbonyl (C=O) groups excluding carboxylic acids is 1. The lowest BCUT2D eigenvalue weighted by atomic mass is 10.0. The van der Waals surface area contributed by atoms with Gasteiger partial charge in [-0.2, -0.15) is 0 Å². The number of allylic oxidation sites excluding steroid dienone is 14. The summed E-state index contributed by atoms with van der Waals surface area (Å²) >= 11 is 0. The number of aliphatic hydroxyl groups is 1. The molecule has 0 aromatic heterocycles. The minimum atomic E-state index is -4.64. The maximum absolute atomic E-state index is 12.8. The second kappa shape index (κ2) is 49.4. The minimum absolute atomic E-state index is 0.0304. The number of rotatable bonds is 49. The average molecular weight is 969 g/mol. The van der Waals surface area contributed by atoms with Crippen LogP contribution in [0, 0.1) is 0 Å². The first-order valence-corrected chi connectivity index (χ1v) is 29.1. The predicted molar refractivity (Wildman–Crippen MR) is 293 cm³/mol. The van der Waals surface area contributed by atoms with E-state index >= 15 is 0 Å². The SMILES string of the molecule is CC/C=C\C/C=C\C/C=C\C/C=C\C/C=C\CC(=O)NC(COP(=O)([O-])OCC[N+](C)(C)C)C(O)/C=C/CC/C=C/CC/C=C/CCCCCCCCCCCCCCCCCCCCCCC. The molecule has 0 radical (unpaired) electrons. The number of hydrogen-bond acceptors (Lipinski definition) is 6. The number of unbranched alkanes of at least 4 members (excludes halogenated alkanes) is 23. The van der Waals surface area contributed by atoms with Crippen molar-refractivity contribution in [1.82, 2.24) is 5.32 Å². The number of phosphoric ester groups is 1. The van der Waals surface area contributed by atoms with E-state index in [-0.39, 0.29) is 18.9 Å². The van der Waals surface area contributed by atoms with Gasteiger partial charge in [-0.1, -0.05) is 239 Å². The molecule has 0 aromatic rings. The Morgan fingerprint density at radius 3 is 1.34 bits per heavy atom. The van der Waals surface area contributed by atoms with Gasteiger partial charge in [-0.05, 0) is 70.6 Å². The van der Waals surface area contributed by atoms with Crippen LogP contribution in [0.2, 0.25) is 0 Å². The monoisotopic (exact) mass is 969 g/mol. The van der Waals surface area contributed by atoms with Crippen molar-refractivity contribution in [2.75, 3.05) is 40.9 Å². The molecule has 0 heterocycles. The summed E-state index contributed by atoms with van der Waals surface area (Å²) in [5.74, 6) is -0.341. The second-order valence-electron chi connectivity index (χ2n) is 19.6. The van der Waals surface area contributed by atoms with Crippen LogP contribution in [0.4, 0.5) is 0 Å². The molecule has 0 aliphatic heterocycles. The third kappa shape index (κ3) is 51.3. The van der Waals surface area contributed by atoms with Crippen LogP contribution in [-0.2, 0) is 18.4 Å². The molecule has 0 aliphatic carbocycles. The summed E-state index contributed by atoms with van der Waals surface area (Å²) in [6, 6.07) is -0.971. The molecule has 2 N–H and O–H groups in total. The molecule has 0 saturated heterocycles. The first kappa shape index (κ1) is 65.4. The van der Waals surface area contributed by atoms with Crippen LogP contribution in [0.15, 0.2) is 97.2 Å². The van der Waals surface area contributed by atoms with Gasteiger partial charge in [0.2, 0.25) is 5.91 Å². The van der Waals surface area contributed by atoms with E-state index in [0.717, 1.165) is 44.9 Å². The normalized spacial score (nSPS) is 14.8. The highest BCUT2D eigenvalue weighted by molar-refractivity contribution is 7.45. The Balaban J connectivity index is 4.31. The number of hydrogen-bond donors (Lipinski definition) is 2. The zero-order valence-corrected chi connectivity index (χ0v) is 45.4.